The van der Waals surface area contributed by atoms with Crippen molar-refractivity contribution in [3.63, 3.8) is 0 Å². The van der Waals surface area contributed by atoms with Crippen molar-refractivity contribution in [2.24, 2.45) is 5.41 Å². The SMILES string of the molecule is [Li][CH2]CCCCCCCCC.[Li][CH](C)CC.[Li][C](C)(C)CC(C)(C)C. The Balaban J connectivity index is -0.000000311. The molecule has 0 heterocycles. The minimum atomic E-state index is 0.484. The molecule has 0 aromatic heterocycles. The van der Waals surface area contributed by atoms with E-state index in [1.807, 2.05) is 0 Å². The van der Waals surface area contributed by atoms with E-state index in [9.17, 15) is 0 Å². The molecule has 0 amide bonds. The summed E-state index contributed by atoms with van der Waals surface area (Å²) < 4.78 is 1.37. The fourth-order valence-corrected chi connectivity index (χ4v) is 2.97. The average molecular weight is 332 g/mol. The first-order valence-electron chi connectivity index (χ1n) is 11.4. The molecular weight excluding hydrogens is 285 g/mol. The van der Waals surface area contributed by atoms with E-state index in [0.717, 1.165) is 4.59 Å². The van der Waals surface area contributed by atoms with E-state index in [2.05, 4.69) is 109 Å². The second kappa shape index (κ2) is 20.5. The molecule has 138 valence electrons. The molecule has 1 unspecified atom stereocenters. The van der Waals surface area contributed by atoms with Gasteiger partial charge in [0.1, 0.15) is 0 Å². The van der Waals surface area contributed by atoms with E-state index >= 15 is 0 Å². The van der Waals surface area contributed by atoms with Gasteiger partial charge in [0, 0.05) is 0 Å². The predicted molar refractivity (Wildman–Crippen MR) is 123 cm³/mol. The van der Waals surface area contributed by atoms with E-state index < -0.39 is 0 Å². The van der Waals surface area contributed by atoms with E-state index in [4.69, 9.17) is 0 Å². The number of rotatable bonds is 10. The van der Waals surface area contributed by atoms with Crippen LogP contribution < -0.4 is 0 Å². The predicted octanol–water partition coefficient (Wildman–Crippen LogP) is 7.88. The van der Waals surface area contributed by atoms with Crippen LogP contribution in [0.2, 0.25) is 13.8 Å². The Morgan fingerprint density at radius 1 is 0.760 bits per heavy atom. The Hall–Kier alpha value is 1.79. The third-order valence-electron chi connectivity index (χ3n) is 4.08. The number of hydrogen-bond acceptors (Lipinski definition) is 0. The average Bonchev–Trinajstić information content (AvgIpc) is 2.44. The van der Waals surface area contributed by atoms with Crippen LogP contribution in [0.15, 0.2) is 0 Å². The molecule has 0 saturated carbocycles. The van der Waals surface area contributed by atoms with E-state index in [0.29, 0.717) is 9.50 Å². The molecule has 1 atom stereocenters. The Kier molecular flexibility index (Phi) is 25.8. The van der Waals surface area contributed by atoms with Crippen LogP contribution in [0.4, 0.5) is 0 Å². The van der Waals surface area contributed by atoms with Gasteiger partial charge in [-0.05, 0) is 0 Å². The zero-order valence-electron chi connectivity index (χ0n) is 20.4. The van der Waals surface area contributed by atoms with Crippen molar-refractivity contribution in [2.75, 3.05) is 0 Å². The van der Waals surface area contributed by atoms with Gasteiger partial charge >= 0.3 is 192 Å². The summed E-state index contributed by atoms with van der Waals surface area (Å²) in [6.07, 6.45) is 14.2. The second-order valence-electron chi connectivity index (χ2n) is 10.6. The third-order valence-corrected chi connectivity index (χ3v) is 4.08. The van der Waals surface area contributed by atoms with Crippen LogP contribution in [-0.4, -0.2) is 53.1 Å². The first-order valence-corrected chi connectivity index (χ1v) is 11.4. The van der Waals surface area contributed by atoms with Gasteiger partial charge in [-0.1, -0.05) is 0 Å². The Bertz CT molecular complexity index is 217. The summed E-state index contributed by atoms with van der Waals surface area (Å²) in [6.45, 7) is 18.1. The van der Waals surface area contributed by atoms with Crippen LogP contribution in [0.5, 0.6) is 0 Å². The second-order valence-corrected chi connectivity index (χ2v) is 10.6. The van der Waals surface area contributed by atoms with E-state index in [1.54, 1.807) is 0 Å². The molecule has 0 N–H and O–H groups in total. The number of hydrogen-bond donors (Lipinski definition) is 0. The van der Waals surface area contributed by atoms with Crippen molar-refractivity contribution >= 4 is 53.1 Å². The van der Waals surface area contributed by atoms with Gasteiger partial charge in [-0.2, -0.15) is 0 Å². The van der Waals surface area contributed by atoms with Crippen LogP contribution in [0.25, 0.3) is 0 Å². The first-order chi connectivity index (χ1) is 11.4. The summed E-state index contributed by atoms with van der Waals surface area (Å²) in [4.78, 5) is 0. The molecular formula is C22H47Li3. The fourth-order valence-electron chi connectivity index (χ4n) is 2.97. The van der Waals surface area contributed by atoms with Crippen LogP contribution in [0.1, 0.15) is 120 Å². The van der Waals surface area contributed by atoms with Crippen LogP contribution in [0.3, 0.4) is 0 Å². The molecule has 0 nitrogen and oxygen atoms in total. The third kappa shape index (κ3) is 46.1. The minimum absolute atomic E-state index is 0.484. The topological polar surface area (TPSA) is 0 Å². The van der Waals surface area contributed by atoms with Crippen LogP contribution in [-0.2, 0) is 0 Å². The normalized spacial score (nSPS) is 12.7. The molecule has 0 aromatic rings. The van der Waals surface area contributed by atoms with Crippen molar-refractivity contribution < 1.29 is 0 Å². The molecule has 0 bridgehead atoms. The first kappa shape index (κ1) is 31.5. The quantitative estimate of drug-likeness (QED) is 0.282. The molecule has 3 heteroatoms. The molecule has 0 aromatic carbocycles. The summed E-state index contributed by atoms with van der Waals surface area (Å²) in [5.41, 5.74) is 0.484. The molecule has 0 saturated heterocycles. The van der Waals surface area contributed by atoms with Crippen LogP contribution >= 0.6 is 0 Å². The standard InChI is InChI=1S/C10H21.C8H17.C4H9.3Li/c1-3-5-7-9-10-8-6-4-2;1-7(2)6-8(3,4)5;1-3-4-2;;;/h1,3-10H2,2H3;6H2,1-5H3;3H,4H2,1-2H3;;;. The summed E-state index contributed by atoms with van der Waals surface area (Å²) in [5.74, 6) is 0. The molecule has 0 aliphatic carbocycles. The molecule has 0 spiro atoms. The molecule has 0 rings (SSSR count). The molecule has 25 heavy (non-hydrogen) atoms. The molecule has 0 aliphatic heterocycles. The van der Waals surface area contributed by atoms with Gasteiger partial charge in [-0.25, -0.2) is 0 Å². The van der Waals surface area contributed by atoms with Crippen molar-refractivity contribution in [3.05, 3.63) is 0 Å². The van der Waals surface area contributed by atoms with Crippen molar-refractivity contribution in [1.82, 2.24) is 0 Å². The summed E-state index contributed by atoms with van der Waals surface area (Å²) in [7, 11) is 0. The van der Waals surface area contributed by atoms with Crippen molar-refractivity contribution in [1.29, 1.82) is 0 Å². The Morgan fingerprint density at radius 3 is 1.32 bits per heavy atom. The van der Waals surface area contributed by atoms with E-state index in [1.165, 1.54) is 69.3 Å². The van der Waals surface area contributed by atoms with Crippen molar-refractivity contribution in [2.45, 2.75) is 133 Å². The fraction of sp³-hybridized carbons (Fsp3) is 1.00. The Labute approximate surface area is 190 Å². The zero-order chi connectivity index (χ0) is 20.4. The number of unbranched alkanes of at least 4 members (excludes halogenated alkanes) is 7. The van der Waals surface area contributed by atoms with Gasteiger partial charge in [0.15, 0.2) is 0 Å². The monoisotopic (exact) mass is 332 g/mol. The van der Waals surface area contributed by atoms with Gasteiger partial charge in [-0.15, -0.1) is 0 Å². The van der Waals surface area contributed by atoms with Crippen LogP contribution in [0, 0.1) is 5.41 Å². The van der Waals surface area contributed by atoms with Gasteiger partial charge < -0.3 is 0 Å². The summed E-state index contributed by atoms with van der Waals surface area (Å²) >= 11 is 6.79. The maximum absolute atomic E-state index is 2.29. The van der Waals surface area contributed by atoms with Gasteiger partial charge in [0.05, 0.1) is 0 Å². The van der Waals surface area contributed by atoms with Gasteiger partial charge in [0.25, 0.3) is 0 Å². The maximum atomic E-state index is 2.29. The summed E-state index contributed by atoms with van der Waals surface area (Å²) in [5, 5.41) is 1.37. The molecule has 0 fully saturated rings. The Morgan fingerprint density at radius 2 is 1.12 bits per heavy atom. The van der Waals surface area contributed by atoms with E-state index in [-0.39, 0.29) is 0 Å². The molecule has 0 radical (unpaired) electrons. The molecule has 0 aliphatic rings. The van der Waals surface area contributed by atoms with Gasteiger partial charge in [0.2, 0.25) is 0 Å². The summed E-state index contributed by atoms with van der Waals surface area (Å²) in [6, 6.07) is 0. The van der Waals surface area contributed by atoms with Crippen molar-refractivity contribution in [3.8, 4) is 0 Å². The zero-order valence-corrected chi connectivity index (χ0v) is 20.4. The van der Waals surface area contributed by atoms with Gasteiger partial charge in [-0.3, -0.25) is 0 Å².